The molecule has 24 heavy (non-hydrogen) atoms. The summed E-state index contributed by atoms with van der Waals surface area (Å²) >= 11 is 7.52. The number of nitro groups is 1. The number of nitrogens with zero attached hydrogens (tertiary/aromatic N) is 3. The Morgan fingerprint density at radius 3 is 2.58 bits per heavy atom. The number of aromatic nitrogens is 2. The summed E-state index contributed by atoms with van der Waals surface area (Å²) in [5, 5.41) is 20.7. The van der Waals surface area contributed by atoms with Gasteiger partial charge >= 0.3 is 0 Å². The van der Waals surface area contributed by atoms with Crippen molar-refractivity contribution in [1.29, 1.82) is 0 Å². The van der Waals surface area contributed by atoms with Crippen LogP contribution in [0.5, 0.6) is 0 Å². The van der Waals surface area contributed by atoms with Crippen molar-refractivity contribution < 1.29 is 4.92 Å². The molecule has 0 bridgehead atoms. The highest BCUT2D eigenvalue weighted by atomic mass is 35.5. The molecule has 0 radical (unpaired) electrons. The number of hydrogen-bond acceptors (Lipinski definition) is 5. The van der Waals surface area contributed by atoms with E-state index in [1.54, 1.807) is 23.9 Å². The van der Waals surface area contributed by atoms with Crippen LogP contribution in [-0.2, 0) is 5.75 Å². The van der Waals surface area contributed by atoms with Crippen LogP contribution >= 0.6 is 23.4 Å². The normalized spacial score (nSPS) is 10.5. The number of benzene rings is 2. The molecule has 2 aromatic carbocycles. The number of halogens is 1. The third kappa shape index (κ3) is 4.10. The largest absolute Gasteiger partial charge is 0.270 e. The molecule has 0 aliphatic rings. The molecule has 0 atom stereocenters. The first kappa shape index (κ1) is 16.4. The monoisotopic (exact) mass is 357 g/mol. The first-order chi connectivity index (χ1) is 11.6. The highest BCUT2D eigenvalue weighted by molar-refractivity contribution is 7.98. The fraction of sp³-hybridized carbons (Fsp3) is 0.0588. The molecule has 0 amide bonds. The van der Waals surface area contributed by atoms with Gasteiger partial charge in [-0.25, -0.2) is 0 Å². The molecule has 0 saturated heterocycles. The topological polar surface area (TPSA) is 68.9 Å². The van der Waals surface area contributed by atoms with E-state index in [1.807, 2.05) is 36.4 Å². The van der Waals surface area contributed by atoms with Gasteiger partial charge in [0.15, 0.2) is 0 Å². The lowest BCUT2D eigenvalue weighted by atomic mass is 10.1. The molecule has 3 aromatic rings. The van der Waals surface area contributed by atoms with Crippen LogP contribution in [0.15, 0.2) is 65.7 Å². The third-order valence-corrected chi connectivity index (χ3v) is 4.49. The van der Waals surface area contributed by atoms with E-state index in [0.717, 1.165) is 16.3 Å². The molecule has 0 N–H and O–H groups in total. The minimum Gasteiger partial charge on any atom is -0.258 e. The minimum atomic E-state index is -0.424. The van der Waals surface area contributed by atoms with Crippen LogP contribution in [0.3, 0.4) is 0 Å². The second-order valence-electron chi connectivity index (χ2n) is 4.98. The van der Waals surface area contributed by atoms with Crippen molar-refractivity contribution in [3.8, 4) is 11.3 Å². The highest BCUT2D eigenvalue weighted by Crippen LogP contribution is 2.25. The number of non-ortho nitro benzene ring substituents is 1. The van der Waals surface area contributed by atoms with E-state index in [1.165, 1.54) is 12.1 Å². The fourth-order valence-corrected chi connectivity index (χ4v) is 3.08. The van der Waals surface area contributed by atoms with Crippen LogP contribution in [-0.4, -0.2) is 15.1 Å². The molecular formula is C17H12ClN3O2S. The van der Waals surface area contributed by atoms with E-state index in [9.17, 15) is 10.1 Å². The summed E-state index contributed by atoms with van der Waals surface area (Å²) in [6.45, 7) is 0. The quantitative estimate of drug-likeness (QED) is 0.365. The van der Waals surface area contributed by atoms with Gasteiger partial charge in [-0.05, 0) is 29.8 Å². The Balaban J connectivity index is 1.71. The number of nitro benzene ring substituents is 1. The summed E-state index contributed by atoms with van der Waals surface area (Å²) < 4.78 is 0. The molecule has 0 saturated carbocycles. The summed E-state index contributed by atoms with van der Waals surface area (Å²) in [5.74, 6) is 0.741. The molecule has 7 heteroatoms. The Labute approximate surface area is 147 Å². The van der Waals surface area contributed by atoms with Crippen LogP contribution in [0.4, 0.5) is 5.69 Å². The predicted molar refractivity (Wildman–Crippen MR) is 95.1 cm³/mol. The predicted octanol–water partition coefficient (Wildman–Crippen LogP) is 5.00. The molecule has 1 heterocycles. The Kier molecular flexibility index (Phi) is 5.08. The molecule has 5 nitrogen and oxygen atoms in total. The van der Waals surface area contributed by atoms with Gasteiger partial charge in [0.2, 0.25) is 0 Å². The van der Waals surface area contributed by atoms with Crippen LogP contribution in [0, 0.1) is 10.1 Å². The zero-order chi connectivity index (χ0) is 16.9. The SMILES string of the molecule is O=[N+]([O-])c1cccc(-c2ccc(SCc3cccc(Cl)c3)nn2)c1. The molecule has 0 spiro atoms. The highest BCUT2D eigenvalue weighted by Gasteiger charge is 2.08. The lowest BCUT2D eigenvalue weighted by molar-refractivity contribution is -0.384. The first-order valence-electron chi connectivity index (χ1n) is 7.07. The second kappa shape index (κ2) is 7.42. The summed E-state index contributed by atoms with van der Waals surface area (Å²) in [7, 11) is 0. The Morgan fingerprint density at radius 2 is 1.88 bits per heavy atom. The smallest absolute Gasteiger partial charge is 0.258 e. The van der Waals surface area contributed by atoms with E-state index >= 15 is 0 Å². The summed E-state index contributed by atoms with van der Waals surface area (Å²) in [5.41, 5.74) is 2.42. The van der Waals surface area contributed by atoms with Gasteiger partial charge in [0, 0.05) is 28.5 Å². The van der Waals surface area contributed by atoms with Crippen molar-refractivity contribution in [2.45, 2.75) is 10.8 Å². The molecule has 0 unspecified atom stereocenters. The number of hydrogen-bond donors (Lipinski definition) is 0. The maximum Gasteiger partial charge on any atom is 0.270 e. The van der Waals surface area contributed by atoms with E-state index in [4.69, 9.17) is 11.6 Å². The Hall–Kier alpha value is -2.44. The molecular weight excluding hydrogens is 346 g/mol. The van der Waals surface area contributed by atoms with Crippen molar-refractivity contribution in [3.05, 3.63) is 81.4 Å². The Bertz CT molecular complexity index is 872. The van der Waals surface area contributed by atoms with Gasteiger partial charge in [0.1, 0.15) is 5.03 Å². The maximum atomic E-state index is 10.8. The average Bonchev–Trinajstić information content (AvgIpc) is 2.60. The molecule has 0 fully saturated rings. The summed E-state index contributed by atoms with van der Waals surface area (Å²) in [4.78, 5) is 10.4. The van der Waals surface area contributed by atoms with Crippen molar-refractivity contribution in [2.75, 3.05) is 0 Å². The summed E-state index contributed by atoms with van der Waals surface area (Å²) in [6.07, 6.45) is 0. The van der Waals surface area contributed by atoms with E-state index in [-0.39, 0.29) is 5.69 Å². The van der Waals surface area contributed by atoms with Gasteiger partial charge in [-0.15, -0.1) is 10.2 Å². The van der Waals surface area contributed by atoms with Gasteiger partial charge in [-0.1, -0.05) is 47.6 Å². The molecule has 0 aliphatic heterocycles. The zero-order valence-electron chi connectivity index (χ0n) is 12.4. The van der Waals surface area contributed by atoms with E-state index in [2.05, 4.69) is 10.2 Å². The molecule has 1 aromatic heterocycles. The van der Waals surface area contributed by atoms with Crippen molar-refractivity contribution >= 4 is 29.1 Å². The van der Waals surface area contributed by atoms with E-state index in [0.29, 0.717) is 16.3 Å². The van der Waals surface area contributed by atoms with Crippen LogP contribution < -0.4 is 0 Å². The van der Waals surface area contributed by atoms with Crippen molar-refractivity contribution in [2.24, 2.45) is 0 Å². The van der Waals surface area contributed by atoms with Crippen molar-refractivity contribution in [1.82, 2.24) is 10.2 Å². The van der Waals surface area contributed by atoms with Gasteiger partial charge in [0.05, 0.1) is 10.6 Å². The van der Waals surface area contributed by atoms with Crippen molar-refractivity contribution in [3.63, 3.8) is 0 Å². The standard InChI is InChI=1S/C17H12ClN3O2S/c18-14-5-1-3-12(9-14)11-24-17-8-7-16(19-20-17)13-4-2-6-15(10-13)21(22)23/h1-10H,11H2. The maximum absolute atomic E-state index is 10.8. The Morgan fingerprint density at radius 1 is 1.04 bits per heavy atom. The fourth-order valence-electron chi connectivity index (χ4n) is 2.11. The zero-order valence-corrected chi connectivity index (χ0v) is 14.0. The lowest BCUT2D eigenvalue weighted by Gasteiger charge is -2.03. The molecule has 3 rings (SSSR count). The number of thioether (sulfide) groups is 1. The second-order valence-corrected chi connectivity index (χ2v) is 6.41. The third-order valence-electron chi connectivity index (χ3n) is 3.27. The minimum absolute atomic E-state index is 0.0358. The molecule has 120 valence electrons. The molecule has 0 aliphatic carbocycles. The van der Waals surface area contributed by atoms with Crippen LogP contribution in [0.1, 0.15) is 5.56 Å². The number of rotatable bonds is 5. The van der Waals surface area contributed by atoms with Crippen LogP contribution in [0.2, 0.25) is 5.02 Å². The van der Waals surface area contributed by atoms with Gasteiger partial charge in [0.25, 0.3) is 5.69 Å². The average molecular weight is 358 g/mol. The van der Waals surface area contributed by atoms with E-state index < -0.39 is 4.92 Å². The lowest BCUT2D eigenvalue weighted by Crippen LogP contribution is -1.92. The van der Waals surface area contributed by atoms with Gasteiger partial charge < -0.3 is 0 Å². The first-order valence-corrected chi connectivity index (χ1v) is 8.44. The summed E-state index contributed by atoms with van der Waals surface area (Å²) in [6, 6.07) is 17.7. The van der Waals surface area contributed by atoms with Crippen LogP contribution in [0.25, 0.3) is 11.3 Å². The van der Waals surface area contributed by atoms with Gasteiger partial charge in [-0.3, -0.25) is 10.1 Å². The van der Waals surface area contributed by atoms with Gasteiger partial charge in [-0.2, -0.15) is 0 Å².